The van der Waals surface area contributed by atoms with Gasteiger partial charge in [-0.1, -0.05) is 140 Å². The van der Waals surface area contributed by atoms with E-state index in [0.717, 1.165) is 33.8 Å². The van der Waals surface area contributed by atoms with Gasteiger partial charge in [-0.05, 0) is 46.5 Å². The van der Waals surface area contributed by atoms with Gasteiger partial charge in [0.05, 0.1) is 0 Å². The number of rotatable bonds is 5. The van der Waals surface area contributed by atoms with Crippen molar-refractivity contribution in [1.82, 2.24) is 0 Å². The lowest BCUT2D eigenvalue weighted by Gasteiger charge is -2.13. The molecule has 0 aliphatic heterocycles. The van der Waals surface area contributed by atoms with Crippen molar-refractivity contribution < 1.29 is 9.67 Å². The first-order valence-electron chi connectivity index (χ1n) is 14.4. The fraction of sp³-hybridized carbons (Fsp3) is 0. The molecule has 0 atom stereocenters. The van der Waals surface area contributed by atoms with Crippen LogP contribution in [0.2, 0.25) is 0 Å². The van der Waals surface area contributed by atoms with Crippen LogP contribution in [0.15, 0.2) is 188 Å². The SMILES string of the molecule is [O-]c1ccc(-[n+]2c(-c3ccccc3)cc(-c3ccccc3)cc2-c2ccccc2)cc1.c1ccc(-c2ccccc2)cc1. The molecular weight excluding hydrogens is 522 g/mol. The molecule has 7 rings (SSSR count). The average Bonchev–Trinajstić information content (AvgIpc) is 3.10. The molecule has 0 fully saturated rings. The van der Waals surface area contributed by atoms with Gasteiger partial charge in [0, 0.05) is 35.4 Å². The van der Waals surface area contributed by atoms with Gasteiger partial charge in [0.25, 0.3) is 0 Å². The smallest absolute Gasteiger partial charge is 0.219 e. The quantitative estimate of drug-likeness (QED) is 0.195. The van der Waals surface area contributed by atoms with Gasteiger partial charge in [0.15, 0.2) is 0 Å². The summed E-state index contributed by atoms with van der Waals surface area (Å²) in [5.74, 6) is 0.00720. The second kappa shape index (κ2) is 13.3. The third kappa shape index (κ3) is 6.61. The van der Waals surface area contributed by atoms with E-state index in [0.29, 0.717) is 0 Å². The van der Waals surface area contributed by atoms with E-state index in [1.54, 1.807) is 12.1 Å². The maximum absolute atomic E-state index is 11.8. The van der Waals surface area contributed by atoms with Gasteiger partial charge in [-0.2, -0.15) is 4.57 Å². The van der Waals surface area contributed by atoms with Gasteiger partial charge < -0.3 is 5.11 Å². The maximum Gasteiger partial charge on any atom is 0.219 e. The summed E-state index contributed by atoms with van der Waals surface area (Å²) >= 11 is 0. The van der Waals surface area contributed by atoms with Crippen LogP contribution in [0.3, 0.4) is 0 Å². The highest BCUT2D eigenvalue weighted by molar-refractivity contribution is 5.74. The third-order valence-corrected chi connectivity index (χ3v) is 7.29. The van der Waals surface area contributed by atoms with Crippen molar-refractivity contribution in [1.29, 1.82) is 0 Å². The maximum atomic E-state index is 11.8. The van der Waals surface area contributed by atoms with Crippen LogP contribution in [0.5, 0.6) is 5.75 Å². The molecule has 2 heteroatoms. The van der Waals surface area contributed by atoms with Crippen molar-refractivity contribution in [2.75, 3.05) is 0 Å². The molecule has 2 nitrogen and oxygen atoms in total. The molecule has 0 aliphatic rings. The lowest BCUT2D eigenvalue weighted by Crippen LogP contribution is -2.36. The van der Waals surface area contributed by atoms with Crippen molar-refractivity contribution in [3.63, 3.8) is 0 Å². The van der Waals surface area contributed by atoms with E-state index < -0.39 is 0 Å². The Labute approximate surface area is 253 Å². The molecule has 0 aliphatic carbocycles. The zero-order valence-electron chi connectivity index (χ0n) is 23.8. The molecular formula is C41H31NO. The van der Waals surface area contributed by atoms with Crippen LogP contribution in [-0.4, -0.2) is 0 Å². The molecule has 0 bridgehead atoms. The Balaban J connectivity index is 0.000000229. The number of pyridine rings is 1. The van der Waals surface area contributed by atoms with E-state index in [4.69, 9.17) is 0 Å². The Bertz CT molecular complexity index is 1770. The molecule has 7 aromatic rings. The van der Waals surface area contributed by atoms with E-state index in [2.05, 4.69) is 138 Å². The predicted molar refractivity (Wildman–Crippen MR) is 176 cm³/mol. The average molecular weight is 554 g/mol. The summed E-state index contributed by atoms with van der Waals surface area (Å²) < 4.78 is 2.23. The number of hydrogen-bond donors (Lipinski definition) is 0. The van der Waals surface area contributed by atoms with Gasteiger partial charge in [-0.25, -0.2) is 0 Å². The van der Waals surface area contributed by atoms with Crippen LogP contribution in [0.25, 0.3) is 50.5 Å². The molecule has 0 spiro atoms. The topological polar surface area (TPSA) is 26.9 Å². The number of nitrogens with zero attached hydrogens (tertiary/aromatic N) is 1. The normalized spacial score (nSPS) is 10.4. The molecule has 0 saturated heterocycles. The first-order valence-corrected chi connectivity index (χ1v) is 14.4. The zero-order valence-corrected chi connectivity index (χ0v) is 23.8. The lowest BCUT2D eigenvalue weighted by atomic mass is 9.98. The molecule has 0 radical (unpaired) electrons. The Morgan fingerprint density at radius 1 is 0.302 bits per heavy atom. The molecule has 0 unspecified atom stereocenters. The van der Waals surface area contributed by atoms with Crippen LogP contribution >= 0.6 is 0 Å². The van der Waals surface area contributed by atoms with Crippen LogP contribution in [-0.2, 0) is 0 Å². The highest BCUT2D eigenvalue weighted by atomic mass is 16.3. The van der Waals surface area contributed by atoms with Crippen molar-refractivity contribution in [2.45, 2.75) is 0 Å². The minimum absolute atomic E-state index is 0.00720. The molecule has 0 saturated carbocycles. The number of aromatic nitrogens is 1. The summed E-state index contributed by atoms with van der Waals surface area (Å²) in [5.41, 5.74) is 10.2. The first kappa shape index (κ1) is 27.4. The van der Waals surface area contributed by atoms with E-state index in [1.807, 2.05) is 42.5 Å². The Kier molecular flexibility index (Phi) is 8.48. The Morgan fingerprint density at radius 2 is 0.605 bits per heavy atom. The Morgan fingerprint density at radius 3 is 0.953 bits per heavy atom. The molecule has 43 heavy (non-hydrogen) atoms. The fourth-order valence-corrected chi connectivity index (χ4v) is 5.17. The van der Waals surface area contributed by atoms with Crippen molar-refractivity contribution in [2.24, 2.45) is 0 Å². The number of hydrogen-bond acceptors (Lipinski definition) is 1. The lowest BCUT2D eigenvalue weighted by molar-refractivity contribution is -0.572. The predicted octanol–water partition coefficient (Wildman–Crippen LogP) is 9.39. The minimum Gasteiger partial charge on any atom is -0.872 e. The summed E-state index contributed by atoms with van der Waals surface area (Å²) in [6.45, 7) is 0. The summed E-state index contributed by atoms with van der Waals surface area (Å²) in [6, 6.07) is 63.4. The van der Waals surface area contributed by atoms with Gasteiger partial charge >= 0.3 is 0 Å². The van der Waals surface area contributed by atoms with Gasteiger partial charge in [0.2, 0.25) is 17.1 Å². The van der Waals surface area contributed by atoms with Gasteiger partial charge in [-0.3, -0.25) is 0 Å². The fourth-order valence-electron chi connectivity index (χ4n) is 5.17. The molecule has 1 aromatic heterocycles. The molecule has 206 valence electrons. The van der Waals surface area contributed by atoms with Crippen LogP contribution in [0.4, 0.5) is 0 Å². The van der Waals surface area contributed by atoms with Crippen LogP contribution in [0.1, 0.15) is 0 Å². The van der Waals surface area contributed by atoms with E-state index >= 15 is 0 Å². The minimum atomic E-state index is 0.00720. The van der Waals surface area contributed by atoms with Crippen molar-refractivity contribution in [3.05, 3.63) is 188 Å². The molecule has 6 aromatic carbocycles. The van der Waals surface area contributed by atoms with E-state index in [9.17, 15) is 5.11 Å². The zero-order chi connectivity index (χ0) is 29.3. The van der Waals surface area contributed by atoms with E-state index in [1.165, 1.54) is 16.7 Å². The summed E-state index contributed by atoms with van der Waals surface area (Å²) in [4.78, 5) is 0. The highest BCUT2D eigenvalue weighted by Gasteiger charge is 2.24. The molecule has 0 amide bonds. The van der Waals surface area contributed by atoms with Crippen LogP contribution in [0, 0.1) is 0 Å². The van der Waals surface area contributed by atoms with Gasteiger partial charge in [-0.15, -0.1) is 5.75 Å². The second-order valence-electron chi connectivity index (χ2n) is 10.2. The third-order valence-electron chi connectivity index (χ3n) is 7.29. The van der Waals surface area contributed by atoms with Crippen molar-refractivity contribution in [3.8, 4) is 56.2 Å². The van der Waals surface area contributed by atoms with Gasteiger partial charge in [0.1, 0.15) is 0 Å². The number of benzene rings is 6. The van der Waals surface area contributed by atoms with E-state index in [-0.39, 0.29) is 5.75 Å². The monoisotopic (exact) mass is 553 g/mol. The Hall–Kier alpha value is -5.73. The van der Waals surface area contributed by atoms with Crippen molar-refractivity contribution >= 4 is 0 Å². The summed E-state index contributed by atoms with van der Waals surface area (Å²) in [7, 11) is 0. The standard InChI is InChI=1S/C29H21NO.C12H10/c31-27-18-16-26(17-19-27)30-28(23-12-6-2-7-13-23)20-25(22-10-4-1-5-11-22)21-29(30)24-14-8-3-9-15-24;1-3-7-11(8-4-1)12-9-5-2-6-10-12/h1-21H;1-10H. The van der Waals surface area contributed by atoms with Crippen LogP contribution < -0.4 is 9.67 Å². The summed E-state index contributed by atoms with van der Waals surface area (Å²) in [6.07, 6.45) is 0. The summed E-state index contributed by atoms with van der Waals surface area (Å²) in [5, 5.41) is 11.8. The molecule has 1 heterocycles. The molecule has 0 N–H and O–H groups in total. The second-order valence-corrected chi connectivity index (χ2v) is 10.2. The largest absolute Gasteiger partial charge is 0.872 e. The highest BCUT2D eigenvalue weighted by Crippen LogP contribution is 2.30. The first-order chi connectivity index (χ1) is 21.3.